The van der Waals surface area contributed by atoms with Crippen LogP contribution in [0.4, 0.5) is 4.39 Å². The molecule has 0 unspecified atom stereocenters. The van der Waals surface area contributed by atoms with Crippen LogP contribution < -0.4 is 5.32 Å². The van der Waals surface area contributed by atoms with E-state index in [1.807, 2.05) is 30.5 Å². The molecular weight excluding hydrogens is 347 g/mol. The van der Waals surface area contributed by atoms with Crippen LogP contribution in [0, 0.1) is 5.82 Å². The monoisotopic (exact) mass is 366 g/mol. The Morgan fingerprint density at radius 2 is 1.96 bits per heavy atom. The van der Waals surface area contributed by atoms with E-state index < -0.39 is 0 Å². The molecule has 2 aromatic carbocycles. The fourth-order valence-corrected chi connectivity index (χ4v) is 3.35. The molecule has 0 radical (unpaired) electrons. The number of carbonyl (C=O) groups is 2. The van der Waals surface area contributed by atoms with Gasteiger partial charge in [-0.2, -0.15) is 5.10 Å². The van der Waals surface area contributed by atoms with Crippen LogP contribution in [0.15, 0.2) is 54.7 Å². The summed E-state index contributed by atoms with van der Waals surface area (Å²) in [5.41, 5.74) is 1.70. The fraction of sp³-hybridized carbons (Fsp3) is 0.250. The maximum atomic E-state index is 13.0. The van der Waals surface area contributed by atoms with Crippen LogP contribution in [-0.4, -0.2) is 39.1 Å². The molecule has 2 heterocycles. The first kappa shape index (κ1) is 17.2. The summed E-state index contributed by atoms with van der Waals surface area (Å²) < 4.78 is 14.6. The van der Waals surface area contributed by atoms with Gasteiger partial charge in [-0.1, -0.05) is 30.3 Å². The van der Waals surface area contributed by atoms with Gasteiger partial charge in [-0.15, -0.1) is 0 Å². The number of halogens is 1. The summed E-state index contributed by atoms with van der Waals surface area (Å²) in [4.78, 5) is 26.2. The lowest BCUT2D eigenvalue weighted by atomic mass is 10.2. The molecule has 1 aliphatic rings. The second-order valence-corrected chi connectivity index (χ2v) is 6.75. The lowest BCUT2D eigenvalue weighted by molar-refractivity contribution is -0.128. The molecule has 2 amide bonds. The first-order chi connectivity index (χ1) is 13.1. The van der Waals surface area contributed by atoms with Gasteiger partial charge in [-0.25, -0.2) is 4.39 Å². The van der Waals surface area contributed by atoms with Gasteiger partial charge < -0.3 is 10.2 Å². The van der Waals surface area contributed by atoms with Crippen molar-refractivity contribution in [3.63, 3.8) is 0 Å². The topological polar surface area (TPSA) is 67.2 Å². The molecule has 3 aromatic rings. The Labute approximate surface area is 155 Å². The lowest BCUT2D eigenvalue weighted by Gasteiger charge is -2.17. The second kappa shape index (κ2) is 7.19. The van der Waals surface area contributed by atoms with Gasteiger partial charge >= 0.3 is 0 Å². The minimum absolute atomic E-state index is 0.0190. The van der Waals surface area contributed by atoms with Gasteiger partial charge in [0.15, 0.2) is 0 Å². The fourth-order valence-electron chi connectivity index (χ4n) is 3.35. The SMILES string of the molecule is O=C(Cn1cc2ccccc2n1)N[C@H]1CC(=O)N(Cc2ccc(F)cc2)C1. The van der Waals surface area contributed by atoms with Crippen molar-refractivity contribution in [3.05, 3.63) is 66.1 Å². The summed E-state index contributed by atoms with van der Waals surface area (Å²) in [6, 6.07) is 13.5. The molecule has 1 aromatic heterocycles. The van der Waals surface area contributed by atoms with Crippen molar-refractivity contribution in [2.75, 3.05) is 6.54 Å². The van der Waals surface area contributed by atoms with Gasteiger partial charge in [-0.3, -0.25) is 14.3 Å². The van der Waals surface area contributed by atoms with Crippen molar-refractivity contribution < 1.29 is 14.0 Å². The maximum Gasteiger partial charge on any atom is 0.242 e. The zero-order chi connectivity index (χ0) is 18.8. The van der Waals surface area contributed by atoms with E-state index in [1.165, 1.54) is 12.1 Å². The molecule has 6 nitrogen and oxygen atoms in total. The third kappa shape index (κ3) is 3.97. The van der Waals surface area contributed by atoms with Crippen molar-refractivity contribution in [1.29, 1.82) is 0 Å². The molecule has 0 spiro atoms. The van der Waals surface area contributed by atoms with E-state index in [4.69, 9.17) is 0 Å². The number of hydrogen-bond acceptors (Lipinski definition) is 3. The molecule has 0 bridgehead atoms. The zero-order valence-electron chi connectivity index (χ0n) is 14.6. The Balaban J connectivity index is 1.33. The molecular formula is C20H19FN4O2. The van der Waals surface area contributed by atoms with Gasteiger partial charge in [0.2, 0.25) is 11.8 Å². The molecule has 1 N–H and O–H groups in total. The highest BCUT2D eigenvalue weighted by Gasteiger charge is 2.30. The summed E-state index contributed by atoms with van der Waals surface area (Å²) >= 11 is 0. The molecule has 1 fully saturated rings. The highest BCUT2D eigenvalue weighted by molar-refractivity contribution is 5.83. The number of nitrogens with zero attached hydrogens (tertiary/aromatic N) is 3. The number of likely N-dealkylation sites (tertiary alicyclic amines) is 1. The summed E-state index contributed by atoms with van der Waals surface area (Å²) in [7, 11) is 0. The van der Waals surface area contributed by atoms with Crippen molar-refractivity contribution in [1.82, 2.24) is 20.0 Å². The molecule has 27 heavy (non-hydrogen) atoms. The minimum atomic E-state index is -0.303. The molecule has 1 atom stereocenters. The van der Waals surface area contributed by atoms with E-state index in [1.54, 1.807) is 21.7 Å². The van der Waals surface area contributed by atoms with Crippen molar-refractivity contribution in [2.45, 2.75) is 25.6 Å². The number of hydrogen-bond donors (Lipinski definition) is 1. The molecule has 1 saturated heterocycles. The van der Waals surface area contributed by atoms with Gasteiger partial charge in [0.25, 0.3) is 0 Å². The number of aromatic nitrogens is 2. The largest absolute Gasteiger partial charge is 0.349 e. The average molecular weight is 366 g/mol. The van der Waals surface area contributed by atoms with E-state index in [9.17, 15) is 14.0 Å². The standard InChI is InChI=1S/C20H19FN4O2/c21-16-7-5-14(6-8-16)10-24-12-17(9-20(24)27)22-19(26)13-25-11-15-3-1-2-4-18(15)23-25/h1-8,11,17H,9-10,12-13H2,(H,22,26)/t17-/m0/s1. The Morgan fingerprint density at radius 1 is 1.19 bits per heavy atom. The first-order valence-electron chi connectivity index (χ1n) is 8.80. The number of carbonyl (C=O) groups excluding carboxylic acids is 2. The van der Waals surface area contributed by atoms with Crippen molar-refractivity contribution in [3.8, 4) is 0 Å². The highest BCUT2D eigenvalue weighted by atomic mass is 19.1. The van der Waals surface area contributed by atoms with Crippen LogP contribution in [0.5, 0.6) is 0 Å². The van der Waals surface area contributed by atoms with Crippen LogP contribution >= 0.6 is 0 Å². The van der Waals surface area contributed by atoms with Gasteiger partial charge in [0.05, 0.1) is 11.6 Å². The van der Waals surface area contributed by atoms with Crippen LogP contribution in [0.25, 0.3) is 10.9 Å². The summed E-state index contributed by atoms with van der Waals surface area (Å²) in [6.07, 6.45) is 2.10. The Morgan fingerprint density at radius 3 is 2.74 bits per heavy atom. The van der Waals surface area contributed by atoms with E-state index in [0.717, 1.165) is 16.5 Å². The predicted molar refractivity (Wildman–Crippen MR) is 98.1 cm³/mol. The molecule has 0 aliphatic carbocycles. The molecule has 0 saturated carbocycles. The van der Waals surface area contributed by atoms with E-state index in [0.29, 0.717) is 13.1 Å². The van der Waals surface area contributed by atoms with Crippen LogP contribution in [0.2, 0.25) is 0 Å². The summed E-state index contributed by atoms with van der Waals surface area (Å²) in [5, 5.41) is 8.25. The Bertz CT molecular complexity index is 950. The first-order valence-corrected chi connectivity index (χ1v) is 8.80. The zero-order valence-corrected chi connectivity index (χ0v) is 14.6. The van der Waals surface area contributed by atoms with Gasteiger partial charge in [-0.05, 0) is 23.8 Å². The predicted octanol–water partition coefficient (Wildman–Crippen LogP) is 2.09. The third-order valence-corrected chi connectivity index (χ3v) is 4.63. The number of rotatable bonds is 5. The molecule has 7 heteroatoms. The second-order valence-electron chi connectivity index (χ2n) is 6.75. The van der Waals surface area contributed by atoms with E-state index in [2.05, 4.69) is 10.4 Å². The smallest absolute Gasteiger partial charge is 0.242 e. The van der Waals surface area contributed by atoms with E-state index >= 15 is 0 Å². The van der Waals surface area contributed by atoms with Crippen molar-refractivity contribution >= 4 is 22.7 Å². The minimum Gasteiger partial charge on any atom is -0.349 e. The van der Waals surface area contributed by atoms with Crippen LogP contribution in [0.3, 0.4) is 0 Å². The lowest BCUT2D eigenvalue weighted by Crippen LogP contribution is -2.38. The molecule has 4 rings (SSSR count). The number of fused-ring (bicyclic) bond motifs is 1. The number of nitrogens with one attached hydrogen (secondary N) is 1. The van der Waals surface area contributed by atoms with Crippen molar-refractivity contribution in [2.24, 2.45) is 0 Å². The van der Waals surface area contributed by atoms with Gasteiger partial charge in [0.1, 0.15) is 12.4 Å². The van der Waals surface area contributed by atoms with Gasteiger partial charge in [0, 0.05) is 31.1 Å². The van der Waals surface area contributed by atoms with E-state index in [-0.39, 0.29) is 36.6 Å². The quantitative estimate of drug-likeness (QED) is 0.752. The molecule has 138 valence electrons. The maximum absolute atomic E-state index is 13.0. The molecule has 1 aliphatic heterocycles. The number of benzene rings is 2. The average Bonchev–Trinajstić information content (AvgIpc) is 3.19. The Kier molecular flexibility index (Phi) is 4.58. The van der Waals surface area contributed by atoms with Crippen LogP contribution in [0.1, 0.15) is 12.0 Å². The number of amides is 2. The summed E-state index contributed by atoms with van der Waals surface area (Å²) in [6.45, 7) is 0.969. The summed E-state index contributed by atoms with van der Waals surface area (Å²) in [5.74, 6) is -0.499. The normalized spacial score (nSPS) is 16.9. The van der Waals surface area contributed by atoms with Crippen LogP contribution in [-0.2, 0) is 22.7 Å². The Hall–Kier alpha value is -3.22. The highest BCUT2D eigenvalue weighted by Crippen LogP contribution is 2.16. The third-order valence-electron chi connectivity index (χ3n) is 4.63.